The topological polar surface area (TPSA) is 66.4 Å². The average molecular weight is 271 g/mol. The quantitative estimate of drug-likeness (QED) is 0.739. The van der Waals surface area contributed by atoms with E-state index in [1.54, 1.807) is 0 Å². The molecule has 1 unspecified atom stereocenters. The molecule has 1 aromatic carbocycles. The zero-order valence-corrected chi connectivity index (χ0v) is 11.5. The molecule has 2 N–H and O–H groups in total. The van der Waals surface area contributed by atoms with Crippen LogP contribution in [0.5, 0.6) is 0 Å². The van der Waals surface area contributed by atoms with E-state index in [9.17, 15) is 8.42 Å². The van der Waals surface area contributed by atoms with Crippen molar-refractivity contribution in [3.05, 3.63) is 35.9 Å². The van der Waals surface area contributed by atoms with Crippen LogP contribution in [0.25, 0.3) is 0 Å². The molecular formula is C13H21NO3S. The standard InChI is InChI=1S/C13H21NO3S/c1-2-14-13(8-9-15)11-18(16,17)10-12-6-4-3-5-7-12/h3-7,13-15H,2,8-11H2,1H3. The van der Waals surface area contributed by atoms with Crippen LogP contribution in [0, 0.1) is 0 Å². The van der Waals surface area contributed by atoms with Crippen molar-refractivity contribution in [2.24, 2.45) is 0 Å². The van der Waals surface area contributed by atoms with Crippen LogP contribution in [-0.2, 0) is 15.6 Å². The molecule has 1 atom stereocenters. The minimum Gasteiger partial charge on any atom is -0.396 e. The summed E-state index contributed by atoms with van der Waals surface area (Å²) < 4.78 is 24.1. The molecule has 0 aliphatic heterocycles. The Morgan fingerprint density at radius 3 is 2.50 bits per heavy atom. The third-order valence-corrected chi connectivity index (χ3v) is 4.34. The van der Waals surface area contributed by atoms with E-state index < -0.39 is 9.84 Å². The number of hydrogen-bond acceptors (Lipinski definition) is 4. The van der Waals surface area contributed by atoms with Crippen molar-refractivity contribution in [2.45, 2.75) is 25.1 Å². The molecule has 18 heavy (non-hydrogen) atoms. The average Bonchev–Trinajstić information content (AvgIpc) is 2.29. The molecule has 0 amide bonds. The van der Waals surface area contributed by atoms with Crippen molar-refractivity contribution in [3.63, 3.8) is 0 Å². The Labute approximate surface area is 109 Å². The zero-order valence-electron chi connectivity index (χ0n) is 10.7. The molecule has 0 aliphatic carbocycles. The molecular weight excluding hydrogens is 250 g/mol. The number of hydrogen-bond donors (Lipinski definition) is 2. The molecule has 0 fully saturated rings. The zero-order chi connectivity index (χ0) is 13.4. The van der Waals surface area contributed by atoms with E-state index in [1.165, 1.54) is 0 Å². The smallest absolute Gasteiger partial charge is 0.155 e. The summed E-state index contributed by atoms with van der Waals surface area (Å²) in [5.41, 5.74) is 0.803. The van der Waals surface area contributed by atoms with Crippen LogP contribution in [0.2, 0.25) is 0 Å². The van der Waals surface area contributed by atoms with Crippen molar-refractivity contribution in [1.29, 1.82) is 0 Å². The first kappa shape index (κ1) is 15.1. The molecule has 0 heterocycles. The summed E-state index contributed by atoms with van der Waals surface area (Å²) >= 11 is 0. The Bertz CT molecular complexity index is 425. The van der Waals surface area contributed by atoms with Gasteiger partial charge in [0.2, 0.25) is 0 Å². The number of nitrogens with one attached hydrogen (secondary N) is 1. The van der Waals surface area contributed by atoms with E-state index in [-0.39, 0.29) is 24.2 Å². The van der Waals surface area contributed by atoms with Gasteiger partial charge in [0.25, 0.3) is 0 Å². The Kier molecular flexibility index (Phi) is 6.32. The van der Waals surface area contributed by atoms with E-state index in [4.69, 9.17) is 5.11 Å². The number of benzene rings is 1. The van der Waals surface area contributed by atoms with Gasteiger partial charge in [0.05, 0.1) is 11.5 Å². The number of rotatable bonds is 8. The summed E-state index contributed by atoms with van der Waals surface area (Å²) in [5, 5.41) is 12.0. The lowest BCUT2D eigenvalue weighted by Crippen LogP contribution is -2.36. The summed E-state index contributed by atoms with van der Waals surface area (Å²) in [4.78, 5) is 0. The van der Waals surface area contributed by atoms with Gasteiger partial charge < -0.3 is 10.4 Å². The Morgan fingerprint density at radius 2 is 1.94 bits per heavy atom. The largest absolute Gasteiger partial charge is 0.396 e. The predicted molar refractivity (Wildman–Crippen MR) is 73.1 cm³/mol. The van der Waals surface area contributed by atoms with Gasteiger partial charge in [-0.15, -0.1) is 0 Å². The molecule has 5 heteroatoms. The molecule has 102 valence electrons. The Hall–Kier alpha value is -0.910. The van der Waals surface area contributed by atoms with E-state index in [2.05, 4.69) is 5.32 Å². The van der Waals surface area contributed by atoms with Crippen molar-refractivity contribution in [1.82, 2.24) is 5.32 Å². The van der Waals surface area contributed by atoms with Crippen molar-refractivity contribution in [3.8, 4) is 0 Å². The van der Waals surface area contributed by atoms with Gasteiger partial charge in [-0.2, -0.15) is 0 Å². The lowest BCUT2D eigenvalue weighted by atomic mass is 10.2. The van der Waals surface area contributed by atoms with E-state index in [0.717, 1.165) is 5.56 Å². The number of sulfone groups is 1. The fraction of sp³-hybridized carbons (Fsp3) is 0.538. The third-order valence-electron chi connectivity index (χ3n) is 2.65. The molecule has 4 nitrogen and oxygen atoms in total. The van der Waals surface area contributed by atoms with Crippen molar-refractivity contribution >= 4 is 9.84 Å². The van der Waals surface area contributed by atoms with E-state index in [0.29, 0.717) is 13.0 Å². The van der Waals surface area contributed by atoms with Crippen LogP contribution in [0.15, 0.2) is 30.3 Å². The second-order valence-electron chi connectivity index (χ2n) is 4.31. The van der Waals surface area contributed by atoms with Gasteiger partial charge in [-0.1, -0.05) is 37.3 Å². The lowest BCUT2D eigenvalue weighted by Gasteiger charge is -2.16. The molecule has 0 bridgehead atoms. The maximum Gasteiger partial charge on any atom is 0.155 e. The van der Waals surface area contributed by atoms with Crippen LogP contribution >= 0.6 is 0 Å². The first-order valence-electron chi connectivity index (χ1n) is 6.16. The van der Waals surface area contributed by atoms with Gasteiger partial charge >= 0.3 is 0 Å². The van der Waals surface area contributed by atoms with Crippen molar-refractivity contribution < 1.29 is 13.5 Å². The number of aliphatic hydroxyl groups is 1. The SMILES string of the molecule is CCNC(CCO)CS(=O)(=O)Cc1ccccc1. The normalized spacial score (nSPS) is 13.4. The molecule has 0 spiro atoms. The maximum atomic E-state index is 12.0. The second kappa shape index (κ2) is 7.51. The van der Waals surface area contributed by atoms with Gasteiger partial charge in [0, 0.05) is 12.6 Å². The summed E-state index contributed by atoms with van der Waals surface area (Å²) in [6, 6.07) is 8.98. The van der Waals surface area contributed by atoms with Gasteiger partial charge in [0.15, 0.2) is 9.84 Å². The van der Waals surface area contributed by atoms with Crippen molar-refractivity contribution in [2.75, 3.05) is 18.9 Å². The summed E-state index contributed by atoms with van der Waals surface area (Å²) in [6.45, 7) is 2.62. The first-order chi connectivity index (χ1) is 8.57. The maximum absolute atomic E-state index is 12.0. The fourth-order valence-electron chi connectivity index (χ4n) is 1.88. The summed E-state index contributed by atoms with van der Waals surface area (Å²) in [7, 11) is -3.15. The second-order valence-corrected chi connectivity index (χ2v) is 6.42. The summed E-state index contributed by atoms with van der Waals surface area (Å²) in [6.07, 6.45) is 0.460. The molecule has 0 aliphatic rings. The third kappa shape index (κ3) is 5.62. The van der Waals surface area contributed by atoms with Gasteiger partial charge in [-0.25, -0.2) is 8.42 Å². The Balaban J connectivity index is 2.63. The van der Waals surface area contributed by atoms with Crippen LogP contribution < -0.4 is 5.32 Å². The summed E-state index contributed by atoms with van der Waals surface area (Å²) in [5.74, 6) is 0.122. The fourth-order valence-corrected chi connectivity index (χ4v) is 3.60. The van der Waals surface area contributed by atoms with Crippen LogP contribution in [-0.4, -0.2) is 38.5 Å². The number of aliphatic hydroxyl groups excluding tert-OH is 1. The van der Waals surface area contributed by atoms with Crippen LogP contribution in [0.3, 0.4) is 0 Å². The van der Waals surface area contributed by atoms with Crippen LogP contribution in [0.1, 0.15) is 18.9 Å². The highest BCUT2D eigenvalue weighted by Gasteiger charge is 2.18. The molecule has 0 radical (unpaired) electrons. The minimum atomic E-state index is -3.15. The molecule has 0 aromatic heterocycles. The van der Waals surface area contributed by atoms with E-state index in [1.807, 2.05) is 37.3 Å². The van der Waals surface area contributed by atoms with Gasteiger partial charge in [-0.05, 0) is 18.5 Å². The minimum absolute atomic E-state index is 0.00146. The molecule has 1 rings (SSSR count). The molecule has 1 aromatic rings. The highest BCUT2D eigenvalue weighted by Crippen LogP contribution is 2.08. The van der Waals surface area contributed by atoms with Crippen LogP contribution in [0.4, 0.5) is 0 Å². The molecule has 0 saturated heterocycles. The monoisotopic (exact) mass is 271 g/mol. The highest BCUT2D eigenvalue weighted by molar-refractivity contribution is 7.90. The first-order valence-corrected chi connectivity index (χ1v) is 7.98. The predicted octanol–water partition coefficient (Wildman–Crippen LogP) is 0.962. The molecule has 0 saturated carbocycles. The van der Waals surface area contributed by atoms with Gasteiger partial charge in [-0.3, -0.25) is 0 Å². The lowest BCUT2D eigenvalue weighted by molar-refractivity contribution is 0.270. The van der Waals surface area contributed by atoms with E-state index >= 15 is 0 Å². The highest BCUT2D eigenvalue weighted by atomic mass is 32.2. The Morgan fingerprint density at radius 1 is 1.28 bits per heavy atom. The van der Waals surface area contributed by atoms with Gasteiger partial charge in [0.1, 0.15) is 0 Å².